The molecule has 1 unspecified atom stereocenters. The van der Waals surface area contributed by atoms with Crippen molar-refractivity contribution in [3.8, 4) is 0 Å². The van der Waals surface area contributed by atoms with E-state index in [0.717, 1.165) is 4.88 Å². The summed E-state index contributed by atoms with van der Waals surface area (Å²) in [6, 6.07) is 5.37. The van der Waals surface area contributed by atoms with Gasteiger partial charge in [0.1, 0.15) is 16.4 Å². The number of thiophene rings is 1. The highest BCUT2D eigenvalue weighted by molar-refractivity contribution is 7.89. The second-order valence-corrected chi connectivity index (χ2v) is 7.68. The largest absolute Gasteiger partial charge is 0.464 e. The molecule has 0 fully saturated rings. The van der Waals surface area contributed by atoms with Crippen molar-refractivity contribution < 1.29 is 12.8 Å². The Labute approximate surface area is 129 Å². The molecule has 116 valence electrons. The van der Waals surface area contributed by atoms with Crippen LogP contribution in [0.5, 0.6) is 0 Å². The van der Waals surface area contributed by atoms with Gasteiger partial charge in [0, 0.05) is 17.0 Å². The highest BCUT2D eigenvalue weighted by Crippen LogP contribution is 2.21. The fraction of sp³-hybridized carbons (Fsp3) is 0.429. The Morgan fingerprint density at radius 2 is 2.19 bits per heavy atom. The van der Waals surface area contributed by atoms with Gasteiger partial charge in [0.25, 0.3) is 0 Å². The molecule has 0 aromatic carbocycles. The van der Waals surface area contributed by atoms with Crippen LogP contribution in [0, 0.1) is 6.92 Å². The van der Waals surface area contributed by atoms with Gasteiger partial charge in [0.2, 0.25) is 10.0 Å². The first-order valence-electron chi connectivity index (χ1n) is 6.71. The van der Waals surface area contributed by atoms with Gasteiger partial charge in [0.05, 0.1) is 6.54 Å². The first kappa shape index (κ1) is 16.2. The van der Waals surface area contributed by atoms with Crippen LogP contribution in [0.1, 0.15) is 23.3 Å². The number of aryl methyl sites for hydroxylation is 1. The minimum Gasteiger partial charge on any atom is -0.464 e. The first-order valence-corrected chi connectivity index (χ1v) is 9.07. The number of furan rings is 1. The van der Waals surface area contributed by atoms with Crippen molar-refractivity contribution >= 4 is 21.4 Å². The van der Waals surface area contributed by atoms with E-state index in [4.69, 9.17) is 4.42 Å². The van der Waals surface area contributed by atoms with Crippen molar-refractivity contribution in [3.05, 3.63) is 40.0 Å². The summed E-state index contributed by atoms with van der Waals surface area (Å²) in [6.07, 6.45) is 0.678. The number of hydrogen-bond donors (Lipinski definition) is 2. The lowest BCUT2D eigenvalue weighted by Crippen LogP contribution is -2.34. The van der Waals surface area contributed by atoms with E-state index in [1.165, 1.54) is 0 Å². The Kier molecular flexibility index (Phi) is 5.21. The van der Waals surface area contributed by atoms with Crippen LogP contribution in [-0.2, 0) is 23.0 Å². The SMILES string of the molecule is CNCc1cc(S(=O)(=O)NC(C)Cc2cccs2)c(C)o1. The van der Waals surface area contributed by atoms with Crippen molar-refractivity contribution in [3.63, 3.8) is 0 Å². The molecule has 21 heavy (non-hydrogen) atoms. The van der Waals surface area contributed by atoms with Crippen molar-refractivity contribution in [2.75, 3.05) is 7.05 Å². The van der Waals surface area contributed by atoms with Crippen molar-refractivity contribution in [2.45, 2.75) is 37.8 Å². The molecular weight excluding hydrogens is 308 g/mol. The van der Waals surface area contributed by atoms with Crippen LogP contribution in [0.15, 0.2) is 32.9 Å². The molecule has 2 rings (SSSR count). The first-order chi connectivity index (χ1) is 9.92. The number of nitrogens with one attached hydrogen (secondary N) is 2. The lowest BCUT2D eigenvalue weighted by atomic mass is 10.2. The normalized spacial score (nSPS) is 13.5. The summed E-state index contributed by atoms with van der Waals surface area (Å²) in [5.41, 5.74) is 0. The molecule has 1 atom stereocenters. The molecule has 2 heterocycles. The van der Waals surface area contributed by atoms with E-state index < -0.39 is 10.0 Å². The van der Waals surface area contributed by atoms with E-state index in [9.17, 15) is 8.42 Å². The van der Waals surface area contributed by atoms with Crippen LogP contribution in [-0.4, -0.2) is 21.5 Å². The zero-order valence-corrected chi connectivity index (χ0v) is 14.0. The van der Waals surface area contributed by atoms with E-state index in [2.05, 4.69) is 10.0 Å². The maximum absolute atomic E-state index is 12.4. The Balaban J connectivity index is 2.10. The summed E-state index contributed by atoms with van der Waals surface area (Å²) >= 11 is 1.63. The Bertz CT molecular complexity index is 675. The van der Waals surface area contributed by atoms with Crippen LogP contribution in [0.4, 0.5) is 0 Å². The van der Waals surface area contributed by atoms with Crippen molar-refractivity contribution in [2.24, 2.45) is 0 Å². The van der Waals surface area contributed by atoms with E-state index in [1.807, 2.05) is 24.4 Å². The molecule has 0 bridgehead atoms. The fourth-order valence-electron chi connectivity index (χ4n) is 2.15. The topological polar surface area (TPSA) is 71.3 Å². The molecule has 0 radical (unpaired) electrons. The standard InChI is InChI=1S/C14H20N2O3S2/c1-10(7-13-5-4-6-20-13)16-21(17,18)14-8-12(9-15-3)19-11(14)2/h4-6,8,10,15-16H,7,9H2,1-3H3. The molecule has 0 amide bonds. The monoisotopic (exact) mass is 328 g/mol. The van der Waals surface area contributed by atoms with Crippen LogP contribution >= 0.6 is 11.3 Å². The molecule has 0 saturated heterocycles. The molecule has 0 saturated carbocycles. The summed E-state index contributed by atoms with van der Waals surface area (Å²) in [5, 5.41) is 4.93. The van der Waals surface area contributed by atoms with Crippen molar-refractivity contribution in [1.29, 1.82) is 0 Å². The van der Waals surface area contributed by atoms with Crippen LogP contribution in [0.3, 0.4) is 0 Å². The van der Waals surface area contributed by atoms with E-state index in [1.54, 1.807) is 31.4 Å². The summed E-state index contributed by atoms with van der Waals surface area (Å²) < 4.78 is 33.0. The molecule has 2 aromatic rings. The van der Waals surface area contributed by atoms with Crippen LogP contribution in [0.25, 0.3) is 0 Å². The number of rotatable bonds is 7. The number of hydrogen-bond acceptors (Lipinski definition) is 5. The van der Waals surface area contributed by atoms with Gasteiger partial charge in [-0.15, -0.1) is 11.3 Å². The third kappa shape index (κ3) is 4.16. The summed E-state index contributed by atoms with van der Waals surface area (Å²) in [5.74, 6) is 1.03. The van der Waals surface area contributed by atoms with Gasteiger partial charge in [0.15, 0.2) is 0 Å². The summed E-state index contributed by atoms with van der Waals surface area (Å²) in [7, 11) is -1.77. The molecule has 0 aliphatic carbocycles. The van der Waals surface area contributed by atoms with Gasteiger partial charge in [-0.05, 0) is 38.8 Å². The zero-order chi connectivity index (χ0) is 15.5. The van der Waals surface area contributed by atoms with Crippen molar-refractivity contribution in [1.82, 2.24) is 10.0 Å². The molecule has 7 heteroatoms. The summed E-state index contributed by atoms with van der Waals surface area (Å²) in [6.45, 7) is 4.03. The highest BCUT2D eigenvalue weighted by atomic mass is 32.2. The quantitative estimate of drug-likeness (QED) is 0.818. The Morgan fingerprint density at radius 1 is 1.43 bits per heavy atom. The van der Waals surface area contributed by atoms with Crippen LogP contribution in [0.2, 0.25) is 0 Å². The fourth-order valence-corrected chi connectivity index (χ4v) is 4.43. The minimum absolute atomic E-state index is 0.171. The minimum atomic E-state index is -3.56. The van der Waals surface area contributed by atoms with Gasteiger partial charge in [-0.1, -0.05) is 6.07 Å². The maximum atomic E-state index is 12.4. The smallest absolute Gasteiger partial charge is 0.244 e. The highest BCUT2D eigenvalue weighted by Gasteiger charge is 2.23. The Hall–Kier alpha value is -1.15. The lowest BCUT2D eigenvalue weighted by molar-refractivity contribution is 0.465. The second-order valence-electron chi connectivity index (χ2n) is 4.97. The van der Waals surface area contributed by atoms with Gasteiger partial charge in [-0.25, -0.2) is 13.1 Å². The molecule has 5 nitrogen and oxygen atoms in total. The maximum Gasteiger partial charge on any atom is 0.244 e. The lowest BCUT2D eigenvalue weighted by Gasteiger charge is -2.12. The van der Waals surface area contributed by atoms with Crippen LogP contribution < -0.4 is 10.0 Å². The average molecular weight is 328 g/mol. The zero-order valence-electron chi connectivity index (χ0n) is 12.3. The third-order valence-corrected chi connectivity index (χ3v) is 5.60. The van der Waals surface area contributed by atoms with E-state index >= 15 is 0 Å². The predicted molar refractivity (Wildman–Crippen MR) is 84.0 cm³/mol. The Morgan fingerprint density at radius 3 is 2.81 bits per heavy atom. The average Bonchev–Trinajstić information content (AvgIpc) is 2.99. The molecular formula is C14H20N2O3S2. The van der Waals surface area contributed by atoms with Gasteiger partial charge in [-0.2, -0.15) is 0 Å². The molecule has 2 N–H and O–H groups in total. The van der Waals surface area contributed by atoms with E-state index in [0.29, 0.717) is 24.5 Å². The molecule has 0 spiro atoms. The molecule has 0 aliphatic heterocycles. The second kappa shape index (κ2) is 6.74. The molecule has 0 aliphatic rings. The van der Waals surface area contributed by atoms with Gasteiger partial charge >= 0.3 is 0 Å². The summed E-state index contributed by atoms with van der Waals surface area (Å²) in [4.78, 5) is 1.37. The van der Waals surface area contributed by atoms with E-state index in [-0.39, 0.29) is 10.9 Å². The third-order valence-electron chi connectivity index (χ3n) is 3.01. The van der Waals surface area contributed by atoms with Gasteiger partial charge in [-0.3, -0.25) is 0 Å². The number of sulfonamides is 1. The van der Waals surface area contributed by atoms with Gasteiger partial charge < -0.3 is 9.73 Å². The predicted octanol–water partition coefficient (Wildman–Crippen LogP) is 2.28. The molecule has 2 aromatic heterocycles.